The van der Waals surface area contributed by atoms with Gasteiger partial charge in [0, 0.05) is 29.2 Å². The number of aromatic nitrogens is 2. The van der Waals surface area contributed by atoms with Crippen LogP contribution in [0.1, 0.15) is 11.4 Å². The first-order valence-electron chi connectivity index (χ1n) is 9.35. The summed E-state index contributed by atoms with van der Waals surface area (Å²) < 4.78 is 32.7. The molecule has 0 radical (unpaired) electrons. The largest absolute Gasteiger partial charge is 0.482 e. The molecule has 11 nitrogen and oxygen atoms in total. The lowest BCUT2D eigenvalue weighted by atomic mass is 10.3. The Hall–Kier alpha value is -3.77. The van der Waals surface area contributed by atoms with Gasteiger partial charge in [0.25, 0.3) is 21.6 Å². The minimum atomic E-state index is -3.93. The molecule has 1 amide bonds. The Bertz CT molecular complexity index is 1290. The van der Waals surface area contributed by atoms with Gasteiger partial charge in [-0.25, -0.2) is 23.1 Å². The second-order valence-electron chi connectivity index (χ2n) is 6.81. The lowest BCUT2D eigenvalue weighted by molar-refractivity contribution is -0.384. The number of hydrogen-bond donors (Lipinski definition) is 2. The van der Waals surface area contributed by atoms with E-state index in [2.05, 4.69) is 20.0 Å². The van der Waals surface area contributed by atoms with Crippen LogP contribution in [0.3, 0.4) is 0 Å². The van der Waals surface area contributed by atoms with Crippen molar-refractivity contribution in [2.75, 3.05) is 16.6 Å². The molecule has 0 saturated heterocycles. The maximum Gasteiger partial charge on any atom is 0.271 e. The van der Waals surface area contributed by atoms with Crippen LogP contribution in [0, 0.1) is 24.0 Å². The van der Waals surface area contributed by atoms with Crippen LogP contribution in [0.5, 0.6) is 5.75 Å². The number of hydrogen-bond acceptors (Lipinski definition) is 8. The molecule has 0 aliphatic heterocycles. The molecule has 3 rings (SSSR count). The highest BCUT2D eigenvalue weighted by molar-refractivity contribution is 7.92. The molecule has 0 bridgehead atoms. The molecule has 1 aromatic heterocycles. The van der Waals surface area contributed by atoms with Crippen molar-refractivity contribution in [1.29, 1.82) is 0 Å². The molecule has 13 heteroatoms. The van der Waals surface area contributed by atoms with Gasteiger partial charge in [-0.05, 0) is 50.2 Å². The average Bonchev–Trinajstić information content (AvgIpc) is 2.72. The highest BCUT2D eigenvalue weighted by Crippen LogP contribution is 2.28. The van der Waals surface area contributed by atoms with Gasteiger partial charge in [0.2, 0.25) is 5.95 Å². The Labute approximate surface area is 194 Å². The maximum atomic E-state index is 12.6. The van der Waals surface area contributed by atoms with Crippen LogP contribution in [0.25, 0.3) is 0 Å². The number of benzene rings is 2. The van der Waals surface area contributed by atoms with Crippen molar-refractivity contribution in [3.05, 3.63) is 75.1 Å². The second kappa shape index (κ2) is 9.79. The summed E-state index contributed by atoms with van der Waals surface area (Å²) >= 11 is 5.92. The van der Waals surface area contributed by atoms with Crippen LogP contribution in [0.2, 0.25) is 5.02 Å². The fourth-order valence-corrected chi connectivity index (χ4v) is 3.90. The van der Waals surface area contributed by atoms with Crippen molar-refractivity contribution in [3.63, 3.8) is 0 Å². The Morgan fingerprint density at radius 3 is 2.30 bits per heavy atom. The van der Waals surface area contributed by atoms with Crippen LogP contribution in [-0.2, 0) is 14.8 Å². The Morgan fingerprint density at radius 1 is 1.09 bits per heavy atom. The SMILES string of the molecule is Cc1cc(C)nc(NS(=O)(=O)c2ccc(NC(=O)COc3ccc([N+](=O)[O-])cc3Cl)cc2)n1. The molecular formula is C20H18ClN5O6S. The number of halogens is 1. The molecule has 172 valence electrons. The van der Waals surface area contributed by atoms with Crippen LogP contribution in [0.4, 0.5) is 17.3 Å². The van der Waals surface area contributed by atoms with Gasteiger partial charge in [0.15, 0.2) is 6.61 Å². The van der Waals surface area contributed by atoms with Gasteiger partial charge in [0.05, 0.1) is 14.8 Å². The fraction of sp³-hybridized carbons (Fsp3) is 0.150. The molecule has 0 saturated carbocycles. The van der Waals surface area contributed by atoms with Gasteiger partial charge in [-0.2, -0.15) is 0 Å². The summed E-state index contributed by atoms with van der Waals surface area (Å²) in [6, 6.07) is 10.8. The summed E-state index contributed by atoms with van der Waals surface area (Å²) in [4.78, 5) is 30.3. The number of nitro groups is 1. The van der Waals surface area contributed by atoms with Crippen LogP contribution < -0.4 is 14.8 Å². The molecule has 0 unspecified atom stereocenters. The molecule has 0 atom stereocenters. The van der Waals surface area contributed by atoms with Crippen molar-refractivity contribution in [3.8, 4) is 5.75 Å². The molecule has 0 aliphatic carbocycles. The van der Waals surface area contributed by atoms with E-state index >= 15 is 0 Å². The predicted octanol–water partition coefficient (Wildman–Crippen LogP) is 3.47. The van der Waals surface area contributed by atoms with Crippen LogP contribution >= 0.6 is 11.6 Å². The zero-order valence-electron chi connectivity index (χ0n) is 17.4. The maximum absolute atomic E-state index is 12.6. The van der Waals surface area contributed by atoms with Gasteiger partial charge in [-0.1, -0.05) is 11.6 Å². The third-order valence-corrected chi connectivity index (χ3v) is 5.78. The van der Waals surface area contributed by atoms with E-state index in [4.69, 9.17) is 16.3 Å². The van der Waals surface area contributed by atoms with Gasteiger partial charge in [-0.3, -0.25) is 14.9 Å². The molecule has 3 aromatic rings. The van der Waals surface area contributed by atoms with Gasteiger partial charge in [0.1, 0.15) is 5.75 Å². The number of rotatable bonds is 8. The van der Waals surface area contributed by atoms with Crippen molar-refractivity contribution < 1.29 is 22.9 Å². The molecule has 0 fully saturated rings. The number of amides is 1. The van der Waals surface area contributed by atoms with Gasteiger partial charge in [-0.15, -0.1) is 0 Å². The summed E-state index contributed by atoms with van der Waals surface area (Å²) in [7, 11) is -3.93. The van der Waals surface area contributed by atoms with E-state index in [1.54, 1.807) is 19.9 Å². The molecule has 0 aliphatic rings. The number of anilines is 2. The Kier molecular flexibility index (Phi) is 7.09. The molecule has 2 aromatic carbocycles. The van der Waals surface area contributed by atoms with E-state index < -0.39 is 27.5 Å². The zero-order chi connectivity index (χ0) is 24.2. The van der Waals surface area contributed by atoms with E-state index in [0.717, 1.165) is 6.07 Å². The molecular weight excluding hydrogens is 474 g/mol. The number of nitrogens with one attached hydrogen (secondary N) is 2. The minimum absolute atomic E-state index is 0.00755. The minimum Gasteiger partial charge on any atom is -0.482 e. The highest BCUT2D eigenvalue weighted by atomic mass is 35.5. The topological polar surface area (TPSA) is 153 Å². The quantitative estimate of drug-likeness (QED) is 0.358. The van der Waals surface area contributed by atoms with E-state index in [0.29, 0.717) is 17.1 Å². The van der Waals surface area contributed by atoms with Crippen molar-refractivity contribution in [1.82, 2.24) is 9.97 Å². The van der Waals surface area contributed by atoms with Crippen molar-refractivity contribution >= 4 is 44.9 Å². The number of nitrogens with zero attached hydrogens (tertiary/aromatic N) is 3. The number of non-ortho nitro benzene ring substituents is 1. The number of sulfonamides is 1. The third-order valence-electron chi connectivity index (χ3n) is 4.14. The van der Waals surface area contributed by atoms with E-state index in [9.17, 15) is 23.3 Å². The Morgan fingerprint density at radius 2 is 1.73 bits per heavy atom. The smallest absolute Gasteiger partial charge is 0.271 e. The summed E-state index contributed by atoms with van der Waals surface area (Å²) in [5, 5.41) is 13.3. The molecule has 33 heavy (non-hydrogen) atoms. The Balaban J connectivity index is 1.60. The normalized spacial score (nSPS) is 11.0. The number of carbonyl (C=O) groups excluding carboxylic acids is 1. The predicted molar refractivity (Wildman–Crippen MR) is 121 cm³/mol. The van der Waals surface area contributed by atoms with Gasteiger partial charge >= 0.3 is 0 Å². The lowest BCUT2D eigenvalue weighted by Crippen LogP contribution is -2.20. The zero-order valence-corrected chi connectivity index (χ0v) is 19.0. The summed E-state index contributed by atoms with van der Waals surface area (Å²) in [6.07, 6.45) is 0. The summed E-state index contributed by atoms with van der Waals surface area (Å²) in [5.74, 6) is -0.466. The first-order valence-corrected chi connectivity index (χ1v) is 11.2. The molecule has 1 heterocycles. The summed E-state index contributed by atoms with van der Waals surface area (Å²) in [5.41, 5.74) is 1.37. The van der Waals surface area contributed by atoms with Crippen LogP contribution in [0.15, 0.2) is 53.4 Å². The molecule has 0 spiro atoms. The van der Waals surface area contributed by atoms with Crippen molar-refractivity contribution in [2.24, 2.45) is 0 Å². The van der Waals surface area contributed by atoms with E-state index in [1.165, 1.54) is 36.4 Å². The number of carbonyl (C=O) groups is 1. The standard InChI is InChI=1S/C20H18ClN5O6S/c1-12-9-13(2)23-20(22-12)25-33(30,31)16-6-3-14(4-7-16)24-19(27)11-32-18-8-5-15(26(28)29)10-17(18)21/h3-10H,11H2,1-2H3,(H,24,27)(H,22,23,25). The van der Waals surface area contributed by atoms with Crippen LogP contribution in [-0.4, -0.2) is 35.8 Å². The highest BCUT2D eigenvalue weighted by Gasteiger charge is 2.17. The van der Waals surface area contributed by atoms with Gasteiger partial charge < -0.3 is 10.1 Å². The monoisotopic (exact) mass is 491 g/mol. The fourth-order valence-electron chi connectivity index (χ4n) is 2.73. The summed E-state index contributed by atoms with van der Waals surface area (Å²) in [6.45, 7) is 3.04. The third kappa shape index (κ3) is 6.37. The second-order valence-corrected chi connectivity index (χ2v) is 8.90. The van der Waals surface area contributed by atoms with Crippen molar-refractivity contribution in [2.45, 2.75) is 18.7 Å². The molecule has 2 N–H and O–H groups in total. The number of ether oxygens (including phenoxy) is 1. The number of aryl methyl sites for hydroxylation is 2. The first-order chi connectivity index (χ1) is 15.5. The first kappa shape index (κ1) is 23.9. The lowest BCUT2D eigenvalue weighted by Gasteiger charge is -2.10. The average molecular weight is 492 g/mol. The van der Waals surface area contributed by atoms with E-state index in [1.807, 2.05) is 0 Å². The van der Waals surface area contributed by atoms with E-state index in [-0.39, 0.29) is 27.3 Å². The number of nitro benzene ring substituents is 1.